The second-order valence-corrected chi connectivity index (χ2v) is 4.36. The molecule has 0 aliphatic rings. The molecule has 1 amide bonds. The van der Waals surface area contributed by atoms with Crippen LogP contribution in [0.3, 0.4) is 0 Å². The number of rotatable bonds is 4. The summed E-state index contributed by atoms with van der Waals surface area (Å²) >= 11 is 0. The summed E-state index contributed by atoms with van der Waals surface area (Å²) in [4.78, 5) is 13.5. The molecule has 0 saturated carbocycles. The molecule has 0 saturated heterocycles. The van der Waals surface area contributed by atoms with Gasteiger partial charge in [0, 0.05) is 13.1 Å². The molecule has 1 aromatic heterocycles. The fourth-order valence-corrected chi connectivity index (χ4v) is 1.39. The summed E-state index contributed by atoms with van der Waals surface area (Å²) in [6.07, 6.45) is 0.605. The van der Waals surface area contributed by atoms with E-state index in [2.05, 4.69) is 5.16 Å². The maximum Gasteiger partial charge on any atom is 0.242 e. The molecule has 0 bridgehead atoms. The standard InChI is InChI=1S/C11H19N3O2/c1-5-11(3,12)10(15)14(4)7-9-6-8(2)16-13-9/h6H,5,7,12H2,1-4H3. The fraction of sp³-hybridized carbons (Fsp3) is 0.636. The molecule has 0 aliphatic heterocycles. The molecule has 0 radical (unpaired) electrons. The zero-order valence-electron chi connectivity index (χ0n) is 10.3. The number of amides is 1. The lowest BCUT2D eigenvalue weighted by atomic mass is 9.99. The first-order chi connectivity index (χ1) is 7.36. The lowest BCUT2D eigenvalue weighted by Gasteiger charge is -2.27. The number of likely N-dealkylation sites (N-methyl/N-ethyl adjacent to an activating group) is 1. The van der Waals surface area contributed by atoms with Gasteiger partial charge in [-0.25, -0.2) is 0 Å². The summed E-state index contributed by atoms with van der Waals surface area (Å²) in [6, 6.07) is 1.81. The van der Waals surface area contributed by atoms with Crippen LogP contribution in [0.15, 0.2) is 10.6 Å². The minimum Gasteiger partial charge on any atom is -0.361 e. The SMILES string of the molecule is CCC(C)(N)C(=O)N(C)Cc1cc(C)on1. The number of hydrogen-bond donors (Lipinski definition) is 1. The fourth-order valence-electron chi connectivity index (χ4n) is 1.39. The van der Waals surface area contributed by atoms with Gasteiger partial charge in [0.05, 0.1) is 12.1 Å². The number of nitrogens with two attached hydrogens (primary N) is 1. The summed E-state index contributed by atoms with van der Waals surface area (Å²) in [7, 11) is 1.72. The van der Waals surface area contributed by atoms with E-state index in [0.717, 1.165) is 11.5 Å². The van der Waals surface area contributed by atoms with Gasteiger partial charge in [0.1, 0.15) is 11.5 Å². The number of hydrogen-bond acceptors (Lipinski definition) is 4. The quantitative estimate of drug-likeness (QED) is 0.832. The smallest absolute Gasteiger partial charge is 0.242 e. The van der Waals surface area contributed by atoms with Crippen LogP contribution in [0.4, 0.5) is 0 Å². The molecule has 90 valence electrons. The highest BCUT2D eigenvalue weighted by atomic mass is 16.5. The van der Waals surface area contributed by atoms with E-state index >= 15 is 0 Å². The first kappa shape index (κ1) is 12.7. The van der Waals surface area contributed by atoms with E-state index in [1.54, 1.807) is 18.9 Å². The number of aromatic nitrogens is 1. The average molecular weight is 225 g/mol. The Hall–Kier alpha value is -1.36. The highest BCUT2D eigenvalue weighted by Gasteiger charge is 2.29. The largest absolute Gasteiger partial charge is 0.361 e. The van der Waals surface area contributed by atoms with Crippen molar-refractivity contribution in [1.29, 1.82) is 0 Å². The van der Waals surface area contributed by atoms with Gasteiger partial charge in [-0.1, -0.05) is 12.1 Å². The molecule has 5 nitrogen and oxygen atoms in total. The van der Waals surface area contributed by atoms with Crippen molar-refractivity contribution in [2.45, 2.75) is 39.3 Å². The summed E-state index contributed by atoms with van der Waals surface area (Å²) in [6.45, 7) is 5.87. The zero-order valence-corrected chi connectivity index (χ0v) is 10.3. The normalized spacial score (nSPS) is 14.6. The van der Waals surface area contributed by atoms with Crippen molar-refractivity contribution in [3.63, 3.8) is 0 Å². The van der Waals surface area contributed by atoms with Gasteiger partial charge < -0.3 is 15.2 Å². The predicted octanol–water partition coefficient (Wildman–Crippen LogP) is 1.07. The minimum atomic E-state index is -0.812. The minimum absolute atomic E-state index is 0.0874. The highest BCUT2D eigenvalue weighted by molar-refractivity contribution is 5.85. The predicted molar refractivity (Wildman–Crippen MR) is 60.6 cm³/mol. The number of carbonyl (C=O) groups is 1. The van der Waals surface area contributed by atoms with Gasteiger partial charge in [0.15, 0.2) is 0 Å². The molecule has 1 unspecified atom stereocenters. The van der Waals surface area contributed by atoms with Crippen molar-refractivity contribution in [2.75, 3.05) is 7.05 Å². The molecule has 0 spiro atoms. The Bertz CT molecular complexity index is 371. The van der Waals surface area contributed by atoms with Gasteiger partial charge in [-0.05, 0) is 20.3 Å². The maximum absolute atomic E-state index is 11.9. The van der Waals surface area contributed by atoms with E-state index in [1.165, 1.54) is 0 Å². The van der Waals surface area contributed by atoms with E-state index < -0.39 is 5.54 Å². The van der Waals surface area contributed by atoms with Crippen LogP contribution >= 0.6 is 0 Å². The molecular weight excluding hydrogens is 206 g/mol. The second-order valence-electron chi connectivity index (χ2n) is 4.36. The van der Waals surface area contributed by atoms with Crippen LogP contribution in [0, 0.1) is 6.92 Å². The van der Waals surface area contributed by atoms with E-state index in [1.807, 2.05) is 19.9 Å². The van der Waals surface area contributed by atoms with Crippen molar-refractivity contribution in [3.8, 4) is 0 Å². The van der Waals surface area contributed by atoms with Gasteiger partial charge in [-0.15, -0.1) is 0 Å². The van der Waals surface area contributed by atoms with Crippen molar-refractivity contribution >= 4 is 5.91 Å². The van der Waals surface area contributed by atoms with Crippen molar-refractivity contribution in [2.24, 2.45) is 5.73 Å². The number of carbonyl (C=O) groups excluding carboxylic acids is 1. The third kappa shape index (κ3) is 2.82. The van der Waals surface area contributed by atoms with Crippen LogP contribution < -0.4 is 5.73 Å². The Labute approximate surface area is 95.6 Å². The van der Waals surface area contributed by atoms with Crippen LogP contribution in [0.25, 0.3) is 0 Å². The Balaban J connectivity index is 2.65. The van der Waals surface area contributed by atoms with Gasteiger partial charge in [0.25, 0.3) is 0 Å². The third-order valence-corrected chi connectivity index (χ3v) is 2.65. The Morgan fingerprint density at radius 3 is 2.75 bits per heavy atom. The zero-order chi connectivity index (χ0) is 12.3. The van der Waals surface area contributed by atoms with E-state index in [0.29, 0.717) is 13.0 Å². The molecule has 2 N–H and O–H groups in total. The average Bonchev–Trinajstić information content (AvgIpc) is 2.62. The molecule has 1 aromatic rings. The van der Waals surface area contributed by atoms with E-state index in [9.17, 15) is 4.79 Å². The van der Waals surface area contributed by atoms with Crippen LogP contribution in [0.1, 0.15) is 31.7 Å². The first-order valence-electron chi connectivity index (χ1n) is 5.33. The summed E-state index contributed by atoms with van der Waals surface area (Å²) in [5.41, 5.74) is 5.81. The van der Waals surface area contributed by atoms with Gasteiger partial charge in [-0.2, -0.15) is 0 Å². The molecule has 1 rings (SSSR count). The monoisotopic (exact) mass is 225 g/mol. The van der Waals surface area contributed by atoms with Gasteiger partial charge in [0.2, 0.25) is 5.91 Å². The van der Waals surface area contributed by atoms with Crippen LogP contribution in [-0.2, 0) is 11.3 Å². The van der Waals surface area contributed by atoms with Gasteiger partial charge >= 0.3 is 0 Å². The lowest BCUT2D eigenvalue weighted by Crippen LogP contribution is -2.51. The molecule has 16 heavy (non-hydrogen) atoms. The molecule has 0 aliphatic carbocycles. The first-order valence-corrected chi connectivity index (χ1v) is 5.33. The summed E-state index contributed by atoms with van der Waals surface area (Å²) in [5, 5.41) is 3.84. The van der Waals surface area contributed by atoms with E-state index in [4.69, 9.17) is 10.3 Å². The second kappa shape index (κ2) is 4.65. The lowest BCUT2D eigenvalue weighted by molar-refractivity contribution is -0.135. The Morgan fingerprint density at radius 1 is 1.69 bits per heavy atom. The van der Waals surface area contributed by atoms with Crippen molar-refractivity contribution in [1.82, 2.24) is 10.1 Å². The molecule has 0 fully saturated rings. The molecular formula is C11H19N3O2. The van der Waals surface area contributed by atoms with Crippen LogP contribution in [0.5, 0.6) is 0 Å². The van der Waals surface area contributed by atoms with Crippen molar-refractivity contribution in [3.05, 3.63) is 17.5 Å². The third-order valence-electron chi connectivity index (χ3n) is 2.65. The van der Waals surface area contributed by atoms with Crippen LogP contribution in [0.2, 0.25) is 0 Å². The highest BCUT2D eigenvalue weighted by Crippen LogP contribution is 2.11. The molecule has 1 atom stereocenters. The topological polar surface area (TPSA) is 72.4 Å². The van der Waals surface area contributed by atoms with Crippen LogP contribution in [-0.4, -0.2) is 28.6 Å². The molecule has 1 heterocycles. The van der Waals surface area contributed by atoms with Crippen molar-refractivity contribution < 1.29 is 9.32 Å². The molecule has 0 aromatic carbocycles. The van der Waals surface area contributed by atoms with E-state index in [-0.39, 0.29) is 5.91 Å². The summed E-state index contributed by atoms with van der Waals surface area (Å²) in [5.74, 6) is 0.650. The molecule has 5 heteroatoms. The maximum atomic E-state index is 11.9. The van der Waals surface area contributed by atoms with Gasteiger partial charge in [-0.3, -0.25) is 4.79 Å². The summed E-state index contributed by atoms with van der Waals surface area (Å²) < 4.78 is 4.94. The number of aryl methyl sites for hydroxylation is 1. The Kier molecular flexibility index (Phi) is 3.70. The Morgan fingerprint density at radius 2 is 2.31 bits per heavy atom. The number of nitrogens with zero attached hydrogens (tertiary/aromatic N) is 2.